The zero-order valence-corrected chi connectivity index (χ0v) is 20.0. The van der Waals surface area contributed by atoms with Crippen molar-refractivity contribution >= 4 is 51.5 Å². The Morgan fingerprint density at radius 2 is 1.81 bits per heavy atom. The maximum Gasteiger partial charge on any atom is 0.272 e. The lowest BCUT2D eigenvalue weighted by Gasteiger charge is -2.11. The van der Waals surface area contributed by atoms with E-state index >= 15 is 0 Å². The summed E-state index contributed by atoms with van der Waals surface area (Å²) in [4.78, 5) is 17.0. The van der Waals surface area contributed by atoms with E-state index in [0.29, 0.717) is 11.6 Å². The fraction of sp³-hybridized carbons (Fsp3) is 0.120. The number of nitrogens with zero attached hydrogens (tertiary/aromatic N) is 3. The van der Waals surface area contributed by atoms with Gasteiger partial charge in [0.15, 0.2) is 6.20 Å². The molecule has 2 aromatic heterocycles. The van der Waals surface area contributed by atoms with E-state index in [1.807, 2.05) is 90.1 Å². The minimum atomic E-state index is 0.0249. The molecular formula is C25H21ClN3OS2+. The number of thioether (sulfide) groups is 1. The molecule has 0 bridgehead atoms. The number of halogens is 1. The molecule has 0 radical (unpaired) electrons. The average molecular weight is 479 g/mol. The van der Waals surface area contributed by atoms with Crippen LogP contribution in [0.15, 0.2) is 82.6 Å². The summed E-state index contributed by atoms with van der Waals surface area (Å²) < 4.78 is 5.51. The molecule has 4 nitrogen and oxygen atoms in total. The van der Waals surface area contributed by atoms with Crippen LogP contribution >= 0.6 is 34.7 Å². The first-order valence-corrected chi connectivity index (χ1v) is 12.2. The summed E-state index contributed by atoms with van der Waals surface area (Å²) in [5.74, 6) is 0. The lowest BCUT2D eigenvalue weighted by molar-refractivity contribution is -0.673. The van der Waals surface area contributed by atoms with Crippen molar-refractivity contribution in [2.24, 2.45) is 7.05 Å². The highest BCUT2D eigenvalue weighted by Gasteiger charge is 2.24. The molecule has 0 saturated carbocycles. The van der Waals surface area contributed by atoms with Gasteiger partial charge in [0.05, 0.1) is 17.3 Å². The van der Waals surface area contributed by atoms with E-state index in [1.165, 1.54) is 16.2 Å². The molecule has 0 fully saturated rings. The van der Waals surface area contributed by atoms with Gasteiger partial charge in [-0.25, -0.2) is 4.57 Å². The number of benzene rings is 2. The van der Waals surface area contributed by atoms with Gasteiger partial charge in [-0.05, 0) is 17.7 Å². The lowest BCUT2D eigenvalue weighted by Crippen LogP contribution is -2.35. The predicted octanol–water partition coefficient (Wildman–Crippen LogP) is 3.57. The molecule has 0 aliphatic carbocycles. The maximum atomic E-state index is 13.7. The van der Waals surface area contributed by atoms with Crippen LogP contribution < -0.4 is 24.2 Å². The zero-order chi connectivity index (χ0) is 22.2. The summed E-state index contributed by atoms with van der Waals surface area (Å²) in [5, 5.41) is 1.64. The van der Waals surface area contributed by atoms with Crippen LogP contribution in [0.2, 0.25) is 5.02 Å². The number of hydrogen-bond donors (Lipinski definition) is 0. The first-order chi connectivity index (χ1) is 15.5. The van der Waals surface area contributed by atoms with Gasteiger partial charge in [-0.3, -0.25) is 9.36 Å². The van der Waals surface area contributed by atoms with Crippen LogP contribution in [0.5, 0.6) is 0 Å². The Bertz CT molecular complexity index is 1490. The van der Waals surface area contributed by atoms with E-state index in [-0.39, 0.29) is 5.56 Å². The van der Waals surface area contributed by atoms with Gasteiger partial charge in [0.2, 0.25) is 5.69 Å². The molecule has 0 N–H and O–H groups in total. The molecule has 0 saturated heterocycles. The van der Waals surface area contributed by atoms with E-state index in [1.54, 1.807) is 11.8 Å². The highest BCUT2D eigenvalue weighted by Crippen LogP contribution is 2.44. The van der Waals surface area contributed by atoms with Crippen LogP contribution in [-0.4, -0.2) is 11.6 Å². The number of aromatic nitrogens is 2. The third-order valence-corrected chi connectivity index (χ3v) is 8.17. The molecule has 3 heterocycles. The number of hydrogen-bond acceptors (Lipinski definition) is 4. The van der Waals surface area contributed by atoms with Gasteiger partial charge in [-0.1, -0.05) is 65.8 Å². The molecule has 4 aromatic rings. The van der Waals surface area contributed by atoms with E-state index in [2.05, 4.69) is 17.0 Å². The normalized spacial score (nSPS) is 15.3. The van der Waals surface area contributed by atoms with Gasteiger partial charge >= 0.3 is 0 Å². The van der Waals surface area contributed by atoms with Crippen LogP contribution in [0.4, 0.5) is 5.69 Å². The molecule has 1 aliphatic heterocycles. The Labute approximate surface area is 199 Å². The maximum absolute atomic E-state index is 13.7. The Kier molecular flexibility index (Phi) is 5.67. The van der Waals surface area contributed by atoms with Crippen LogP contribution in [0.1, 0.15) is 11.3 Å². The number of thiazole rings is 1. The second-order valence-corrected chi connectivity index (χ2v) is 10.1. The van der Waals surface area contributed by atoms with Crippen molar-refractivity contribution in [1.82, 2.24) is 4.57 Å². The molecule has 7 heteroatoms. The first-order valence-electron chi connectivity index (χ1n) is 10.2. The topological polar surface area (TPSA) is 29.1 Å². The summed E-state index contributed by atoms with van der Waals surface area (Å²) in [6.45, 7) is 0.515. The molecule has 160 valence electrons. The predicted molar refractivity (Wildman–Crippen MR) is 134 cm³/mol. The van der Waals surface area contributed by atoms with Crippen LogP contribution in [0.25, 0.3) is 11.1 Å². The molecule has 0 unspecified atom stereocenters. The number of anilines is 1. The van der Waals surface area contributed by atoms with E-state index in [0.717, 1.165) is 31.2 Å². The second-order valence-electron chi connectivity index (χ2n) is 7.61. The van der Waals surface area contributed by atoms with Crippen LogP contribution in [0.3, 0.4) is 0 Å². The Morgan fingerprint density at radius 1 is 1.06 bits per heavy atom. The van der Waals surface area contributed by atoms with Crippen molar-refractivity contribution in [2.45, 2.75) is 11.4 Å². The summed E-state index contributed by atoms with van der Waals surface area (Å²) >= 11 is 9.43. The van der Waals surface area contributed by atoms with Crippen molar-refractivity contribution in [2.75, 3.05) is 11.9 Å². The van der Waals surface area contributed by atoms with E-state index < -0.39 is 0 Å². The molecule has 5 rings (SSSR count). The fourth-order valence-electron chi connectivity index (χ4n) is 3.72. The number of aryl methyl sites for hydroxylation is 1. The second kappa shape index (κ2) is 8.62. The minimum absolute atomic E-state index is 0.0249. The highest BCUT2D eigenvalue weighted by molar-refractivity contribution is 8.08. The minimum Gasteiger partial charge on any atom is -0.337 e. The smallest absolute Gasteiger partial charge is 0.272 e. The Hall–Kier alpha value is -2.80. The molecule has 0 amide bonds. The third-order valence-electron chi connectivity index (χ3n) is 5.45. The van der Waals surface area contributed by atoms with Gasteiger partial charge in [0.1, 0.15) is 21.3 Å². The van der Waals surface area contributed by atoms with E-state index in [4.69, 9.17) is 11.6 Å². The molecule has 0 atom stereocenters. The highest BCUT2D eigenvalue weighted by atomic mass is 35.5. The number of rotatable bonds is 3. The lowest BCUT2D eigenvalue weighted by atomic mass is 10.2. The van der Waals surface area contributed by atoms with Crippen molar-refractivity contribution in [3.05, 3.63) is 109 Å². The van der Waals surface area contributed by atoms with Crippen molar-refractivity contribution < 1.29 is 4.57 Å². The Balaban J connectivity index is 1.74. The van der Waals surface area contributed by atoms with Crippen LogP contribution in [-0.2, 0) is 13.6 Å². The van der Waals surface area contributed by atoms with Crippen molar-refractivity contribution in [1.29, 1.82) is 0 Å². The molecule has 2 aromatic carbocycles. The van der Waals surface area contributed by atoms with E-state index in [9.17, 15) is 4.79 Å². The summed E-state index contributed by atoms with van der Waals surface area (Å²) in [6, 6.07) is 22.1. The SMILES string of the molecule is CN1/C(=c2\s/c(=C\c3cc(Cl)cc[n+]3C)n(Cc3ccccc3)c2=O)Sc2ccccc21. The molecular weight excluding hydrogens is 458 g/mol. The summed E-state index contributed by atoms with van der Waals surface area (Å²) in [5.41, 5.74) is 3.18. The third kappa shape index (κ3) is 3.90. The van der Waals surface area contributed by atoms with Gasteiger partial charge < -0.3 is 4.90 Å². The largest absolute Gasteiger partial charge is 0.337 e. The van der Waals surface area contributed by atoms with Gasteiger partial charge in [0, 0.05) is 30.2 Å². The zero-order valence-electron chi connectivity index (χ0n) is 17.7. The van der Waals surface area contributed by atoms with Gasteiger partial charge in [-0.15, -0.1) is 11.3 Å². The number of fused-ring (bicyclic) bond motifs is 1. The molecule has 1 aliphatic rings. The Morgan fingerprint density at radius 3 is 2.59 bits per heavy atom. The summed E-state index contributed by atoms with van der Waals surface area (Å²) in [6.07, 6.45) is 3.96. The quantitative estimate of drug-likeness (QED) is 0.421. The molecule has 0 spiro atoms. The molecule has 32 heavy (non-hydrogen) atoms. The standard InChI is InChI=1S/C25H21ClN3OS2/c1-27-13-12-18(26)14-19(27)15-22-29(16-17-8-4-3-5-9-17)24(30)23(32-22)25-28(2)20-10-6-7-11-21(20)31-25/h3-15H,16H2,1-2H3/q+1/b25-23+. The van der Waals surface area contributed by atoms with Crippen molar-refractivity contribution in [3.63, 3.8) is 0 Å². The fourth-order valence-corrected chi connectivity index (χ4v) is 6.28. The van der Waals surface area contributed by atoms with Crippen LogP contribution in [0, 0.1) is 0 Å². The average Bonchev–Trinajstić information content (AvgIpc) is 3.29. The number of para-hydroxylation sites is 1. The van der Waals surface area contributed by atoms with Gasteiger partial charge in [-0.2, -0.15) is 0 Å². The monoisotopic (exact) mass is 478 g/mol. The van der Waals surface area contributed by atoms with Gasteiger partial charge in [0.25, 0.3) is 5.56 Å². The van der Waals surface area contributed by atoms with Crippen molar-refractivity contribution in [3.8, 4) is 0 Å². The first kappa shape index (κ1) is 21.1. The number of pyridine rings is 1. The summed E-state index contributed by atoms with van der Waals surface area (Å²) in [7, 11) is 4.00.